The number of aromatic nitrogens is 1. The lowest BCUT2D eigenvalue weighted by Crippen LogP contribution is -2.54. The Hall–Kier alpha value is -2.45. The van der Waals surface area contributed by atoms with Crippen LogP contribution in [0.5, 0.6) is 0 Å². The number of nitrogens with zero attached hydrogens (tertiary/aromatic N) is 3. The first-order chi connectivity index (χ1) is 11.5. The average Bonchev–Trinajstić information content (AvgIpc) is 2.54. The van der Waals surface area contributed by atoms with Gasteiger partial charge in [-0.3, -0.25) is 24.4 Å². The molecule has 0 saturated carbocycles. The van der Waals surface area contributed by atoms with Crippen LogP contribution in [-0.2, 0) is 0 Å². The Morgan fingerprint density at radius 2 is 2.12 bits per heavy atom. The molecule has 134 valence electrons. The molecule has 1 aliphatic heterocycles. The maximum Gasteiger partial charge on any atom is 0.266 e. The average molecular weight is 367 g/mol. The number of rotatable bonds is 4. The van der Waals surface area contributed by atoms with Gasteiger partial charge in [0.1, 0.15) is 0 Å². The van der Waals surface area contributed by atoms with Gasteiger partial charge in [-0.1, -0.05) is 12.1 Å². The van der Waals surface area contributed by atoms with E-state index in [-0.39, 0.29) is 24.0 Å². The van der Waals surface area contributed by atoms with Crippen LogP contribution in [0, 0.1) is 10.1 Å². The number of nitrogens with one attached hydrogen (secondary N) is 1. The lowest BCUT2D eigenvalue weighted by molar-refractivity contribution is -0.465. The van der Waals surface area contributed by atoms with Gasteiger partial charge in [0.2, 0.25) is 11.2 Å². The predicted molar refractivity (Wildman–Crippen MR) is 97.1 cm³/mol. The van der Waals surface area contributed by atoms with E-state index in [2.05, 4.69) is 12.2 Å². The van der Waals surface area contributed by atoms with Crippen molar-refractivity contribution in [3.63, 3.8) is 0 Å². The van der Waals surface area contributed by atoms with Gasteiger partial charge in [0, 0.05) is 42.2 Å². The van der Waals surface area contributed by atoms with Gasteiger partial charge in [0.15, 0.2) is 0 Å². The minimum absolute atomic E-state index is 0. The van der Waals surface area contributed by atoms with Gasteiger partial charge in [-0.05, 0) is 19.1 Å². The standard InChI is InChI=1S/C16H18N4O4.ClH/c1-11-8-18(7-6-17-11)19-9-13(15(21)10-20(23)24)16(22)12-4-2-3-5-14(12)19;/h2-5,9,11,17H,6-8,10H2,1H3;1H. The number of carbonyl (C=O) groups excluding carboxylic acids is 1. The lowest BCUT2D eigenvalue weighted by Gasteiger charge is -2.36. The molecule has 25 heavy (non-hydrogen) atoms. The van der Waals surface area contributed by atoms with Crippen molar-refractivity contribution in [2.45, 2.75) is 13.0 Å². The molecular weight excluding hydrogens is 348 g/mol. The topological polar surface area (TPSA) is 97.5 Å². The van der Waals surface area contributed by atoms with Crippen LogP contribution >= 0.6 is 12.4 Å². The fourth-order valence-corrected chi connectivity index (χ4v) is 3.00. The number of para-hydroxylation sites is 1. The molecule has 8 nitrogen and oxygen atoms in total. The zero-order valence-corrected chi connectivity index (χ0v) is 14.5. The van der Waals surface area contributed by atoms with Crippen LogP contribution in [0.4, 0.5) is 0 Å². The highest BCUT2D eigenvalue weighted by Crippen LogP contribution is 2.14. The fraction of sp³-hybridized carbons (Fsp3) is 0.375. The Balaban J connectivity index is 0.00000225. The third-order valence-corrected chi connectivity index (χ3v) is 4.12. The van der Waals surface area contributed by atoms with Crippen molar-refractivity contribution in [2.24, 2.45) is 0 Å². The number of ketones is 1. The Bertz CT molecular complexity index is 867. The van der Waals surface area contributed by atoms with Gasteiger partial charge in [-0.15, -0.1) is 12.4 Å². The Kier molecular flexibility index (Phi) is 5.76. The summed E-state index contributed by atoms with van der Waals surface area (Å²) < 4.78 is 1.78. The van der Waals surface area contributed by atoms with Crippen molar-refractivity contribution < 1.29 is 9.72 Å². The zero-order chi connectivity index (χ0) is 17.3. The second kappa shape index (κ2) is 7.62. The lowest BCUT2D eigenvalue weighted by atomic mass is 10.1. The predicted octanol–water partition coefficient (Wildman–Crippen LogP) is 0.812. The largest absolute Gasteiger partial charge is 0.311 e. The molecule has 0 aliphatic carbocycles. The van der Waals surface area contributed by atoms with Gasteiger partial charge in [0.25, 0.3) is 6.54 Å². The van der Waals surface area contributed by atoms with Crippen molar-refractivity contribution in [1.29, 1.82) is 0 Å². The van der Waals surface area contributed by atoms with Crippen molar-refractivity contribution >= 4 is 29.1 Å². The normalized spacial score (nSPS) is 17.2. The summed E-state index contributed by atoms with van der Waals surface area (Å²) in [4.78, 5) is 34.6. The van der Waals surface area contributed by atoms with E-state index in [1.54, 1.807) is 16.8 Å². The molecule has 0 bridgehead atoms. The van der Waals surface area contributed by atoms with Crippen LogP contribution < -0.4 is 15.8 Å². The maximum atomic E-state index is 12.6. The van der Waals surface area contributed by atoms with Crippen LogP contribution in [-0.4, -0.2) is 47.6 Å². The summed E-state index contributed by atoms with van der Waals surface area (Å²) in [6, 6.07) is 7.25. The van der Waals surface area contributed by atoms with Gasteiger partial charge in [-0.2, -0.15) is 0 Å². The first-order valence-electron chi connectivity index (χ1n) is 7.75. The molecule has 1 saturated heterocycles. The number of hydrogen-bond acceptors (Lipinski definition) is 6. The Morgan fingerprint density at radius 1 is 1.40 bits per heavy atom. The highest BCUT2D eigenvalue weighted by atomic mass is 35.5. The molecule has 2 aromatic rings. The molecule has 1 aromatic carbocycles. The smallest absolute Gasteiger partial charge is 0.266 e. The molecule has 3 rings (SSSR count). The fourth-order valence-electron chi connectivity index (χ4n) is 3.00. The van der Waals surface area contributed by atoms with Gasteiger partial charge >= 0.3 is 0 Å². The summed E-state index contributed by atoms with van der Waals surface area (Å²) in [5, 5.41) is 16.4. The van der Waals surface area contributed by atoms with Crippen LogP contribution in [0.25, 0.3) is 10.9 Å². The first-order valence-corrected chi connectivity index (χ1v) is 7.75. The number of benzene rings is 1. The maximum absolute atomic E-state index is 12.6. The Labute approximate surface area is 150 Å². The number of Topliss-reactive ketones (excluding diaryl/α,β-unsaturated/α-hetero) is 1. The molecule has 1 aromatic heterocycles. The summed E-state index contributed by atoms with van der Waals surface area (Å²) in [6.45, 7) is 3.36. The molecule has 1 aliphatic rings. The SMILES string of the molecule is CC1CN(n2cc(C(=O)C[N+](=O)[O-])c(=O)c3ccccc32)CCN1.Cl. The van der Waals surface area contributed by atoms with Crippen LogP contribution in [0.1, 0.15) is 17.3 Å². The van der Waals surface area contributed by atoms with Crippen LogP contribution in [0.3, 0.4) is 0 Å². The molecule has 2 heterocycles. The third-order valence-electron chi connectivity index (χ3n) is 4.12. The van der Waals surface area contributed by atoms with E-state index >= 15 is 0 Å². The number of carbonyl (C=O) groups is 1. The van der Waals surface area contributed by atoms with Crippen LogP contribution in [0.2, 0.25) is 0 Å². The van der Waals surface area contributed by atoms with E-state index in [1.807, 2.05) is 17.1 Å². The second-order valence-electron chi connectivity index (χ2n) is 5.92. The summed E-state index contributed by atoms with van der Waals surface area (Å²) in [5.41, 5.74) is 0.0859. The van der Waals surface area contributed by atoms with E-state index in [1.165, 1.54) is 6.20 Å². The van der Waals surface area contributed by atoms with Crippen LogP contribution in [0.15, 0.2) is 35.3 Å². The summed E-state index contributed by atoms with van der Waals surface area (Å²) in [6.07, 6.45) is 1.44. The van der Waals surface area contributed by atoms with Gasteiger partial charge in [-0.25, -0.2) is 0 Å². The number of pyridine rings is 1. The minimum atomic E-state index is -0.883. The summed E-state index contributed by atoms with van der Waals surface area (Å²) in [5.74, 6) is -0.771. The summed E-state index contributed by atoms with van der Waals surface area (Å²) >= 11 is 0. The van der Waals surface area contributed by atoms with E-state index in [0.717, 1.165) is 6.54 Å². The highest BCUT2D eigenvalue weighted by molar-refractivity contribution is 5.99. The number of hydrogen-bond donors (Lipinski definition) is 1. The monoisotopic (exact) mass is 366 g/mol. The number of fused-ring (bicyclic) bond motifs is 1. The molecule has 1 fully saturated rings. The number of halogens is 1. The number of nitro groups is 1. The molecule has 0 radical (unpaired) electrons. The molecule has 1 N–H and O–H groups in total. The van der Waals surface area contributed by atoms with Crippen molar-refractivity contribution in [3.8, 4) is 0 Å². The Morgan fingerprint density at radius 3 is 2.80 bits per heavy atom. The summed E-state index contributed by atoms with van der Waals surface area (Å²) in [7, 11) is 0. The second-order valence-corrected chi connectivity index (χ2v) is 5.92. The van der Waals surface area contributed by atoms with E-state index in [9.17, 15) is 19.7 Å². The minimum Gasteiger partial charge on any atom is -0.311 e. The number of piperazine rings is 1. The van der Waals surface area contributed by atoms with Crippen molar-refractivity contribution in [3.05, 3.63) is 56.4 Å². The molecular formula is C16H19ClN4O4. The molecule has 0 amide bonds. The van der Waals surface area contributed by atoms with Crippen molar-refractivity contribution in [2.75, 3.05) is 31.2 Å². The molecule has 1 unspecified atom stereocenters. The highest BCUT2D eigenvalue weighted by Gasteiger charge is 2.22. The molecule has 9 heteroatoms. The molecule has 1 atom stereocenters. The quantitative estimate of drug-likeness (QED) is 0.488. The molecule has 0 spiro atoms. The van der Waals surface area contributed by atoms with Gasteiger partial charge in [0.05, 0.1) is 11.1 Å². The zero-order valence-electron chi connectivity index (χ0n) is 13.7. The van der Waals surface area contributed by atoms with E-state index in [4.69, 9.17) is 0 Å². The third kappa shape index (κ3) is 3.80. The van der Waals surface area contributed by atoms with E-state index in [0.29, 0.717) is 24.0 Å². The van der Waals surface area contributed by atoms with Crippen molar-refractivity contribution in [1.82, 2.24) is 9.99 Å². The first kappa shape index (κ1) is 18.9. The van der Waals surface area contributed by atoms with E-state index < -0.39 is 22.7 Å². The van der Waals surface area contributed by atoms with Gasteiger partial charge < -0.3 is 10.3 Å².